The van der Waals surface area contributed by atoms with E-state index in [4.69, 9.17) is 0 Å². The molecule has 0 saturated carbocycles. The van der Waals surface area contributed by atoms with Gasteiger partial charge in [0.25, 0.3) is 0 Å². The molecule has 3 N–H and O–H groups in total. The summed E-state index contributed by atoms with van der Waals surface area (Å²) in [5.74, 6) is 0.334. The molecule has 0 aromatic carbocycles. The highest BCUT2D eigenvalue weighted by molar-refractivity contribution is 4.73. The summed E-state index contributed by atoms with van der Waals surface area (Å²) in [7, 11) is 1.96. The second kappa shape index (κ2) is 18.2. The molecule has 0 saturated heterocycles. The first kappa shape index (κ1) is 25.8. The lowest BCUT2D eigenvalue weighted by molar-refractivity contribution is 0.0410. The second-order valence-corrected chi connectivity index (χ2v) is 8.09. The van der Waals surface area contributed by atoms with Crippen molar-refractivity contribution in [2.45, 2.75) is 104 Å². The lowest BCUT2D eigenvalue weighted by atomic mass is 9.96. The lowest BCUT2D eigenvalue weighted by Crippen LogP contribution is -2.41. The van der Waals surface area contributed by atoms with Crippen LogP contribution in [0.15, 0.2) is 0 Å². The standard InChI is InChI=1S/C22H48N2O2/c1-5-7-8-9-10-11-12-13-15-20(3)22(26)19-24(17-14-16-23-4)18-21(25)6-2/h20-23,25-26H,5-19H2,1-4H3. The van der Waals surface area contributed by atoms with Crippen LogP contribution >= 0.6 is 0 Å². The number of rotatable bonds is 19. The Kier molecular flexibility index (Phi) is 18.1. The first-order chi connectivity index (χ1) is 12.5. The fourth-order valence-corrected chi connectivity index (χ4v) is 3.40. The van der Waals surface area contributed by atoms with Gasteiger partial charge in [0.2, 0.25) is 0 Å². The van der Waals surface area contributed by atoms with E-state index >= 15 is 0 Å². The SMILES string of the molecule is CCCCCCCCCCC(C)C(O)CN(CCCNC)CC(O)CC. The summed E-state index contributed by atoms with van der Waals surface area (Å²) in [6.07, 6.45) is 13.0. The number of unbranched alkanes of at least 4 members (excludes halogenated alkanes) is 7. The molecule has 0 aliphatic rings. The van der Waals surface area contributed by atoms with Crippen LogP contribution in [0.3, 0.4) is 0 Å². The zero-order chi connectivity index (χ0) is 19.6. The zero-order valence-electron chi connectivity index (χ0n) is 18.2. The van der Waals surface area contributed by atoms with Gasteiger partial charge in [-0.15, -0.1) is 0 Å². The van der Waals surface area contributed by atoms with Gasteiger partial charge in [-0.25, -0.2) is 0 Å². The molecule has 4 heteroatoms. The molecular formula is C22H48N2O2. The van der Waals surface area contributed by atoms with Gasteiger partial charge >= 0.3 is 0 Å². The normalized spacial score (nSPS) is 15.3. The Hall–Kier alpha value is -0.160. The van der Waals surface area contributed by atoms with Crippen molar-refractivity contribution in [2.75, 3.05) is 33.2 Å². The predicted octanol–water partition coefficient (Wildman–Crippen LogP) is 4.20. The quantitative estimate of drug-likeness (QED) is 0.298. The molecule has 158 valence electrons. The van der Waals surface area contributed by atoms with E-state index in [-0.39, 0.29) is 12.2 Å². The molecule has 0 radical (unpaired) electrons. The third-order valence-electron chi connectivity index (χ3n) is 5.46. The van der Waals surface area contributed by atoms with Crippen molar-refractivity contribution in [3.05, 3.63) is 0 Å². The van der Waals surface area contributed by atoms with Crippen LogP contribution in [0.1, 0.15) is 91.4 Å². The number of hydrogen-bond acceptors (Lipinski definition) is 4. The smallest absolute Gasteiger partial charge is 0.0692 e. The van der Waals surface area contributed by atoms with Gasteiger partial charge in [-0.1, -0.05) is 72.1 Å². The topological polar surface area (TPSA) is 55.7 Å². The molecule has 26 heavy (non-hydrogen) atoms. The average molecular weight is 373 g/mol. The van der Waals surface area contributed by atoms with Crippen LogP contribution in [0.4, 0.5) is 0 Å². The van der Waals surface area contributed by atoms with E-state index in [0.717, 1.165) is 32.4 Å². The van der Waals surface area contributed by atoms with Crippen molar-refractivity contribution in [2.24, 2.45) is 5.92 Å². The number of aliphatic hydroxyl groups excluding tert-OH is 2. The summed E-state index contributed by atoms with van der Waals surface area (Å²) in [5.41, 5.74) is 0. The Morgan fingerprint density at radius 2 is 1.46 bits per heavy atom. The highest BCUT2D eigenvalue weighted by Gasteiger charge is 2.19. The van der Waals surface area contributed by atoms with Crippen LogP contribution < -0.4 is 5.32 Å². The molecule has 0 aliphatic carbocycles. The molecule has 3 atom stereocenters. The molecule has 0 spiro atoms. The van der Waals surface area contributed by atoms with E-state index in [1.165, 1.54) is 51.4 Å². The Bertz CT molecular complexity index is 289. The van der Waals surface area contributed by atoms with Gasteiger partial charge in [0.15, 0.2) is 0 Å². The van der Waals surface area contributed by atoms with E-state index < -0.39 is 0 Å². The summed E-state index contributed by atoms with van der Waals surface area (Å²) in [5, 5.41) is 23.7. The van der Waals surface area contributed by atoms with E-state index in [9.17, 15) is 10.2 Å². The van der Waals surface area contributed by atoms with Crippen molar-refractivity contribution in [1.82, 2.24) is 10.2 Å². The van der Waals surface area contributed by atoms with Gasteiger partial charge in [-0.2, -0.15) is 0 Å². The Balaban J connectivity index is 3.98. The summed E-state index contributed by atoms with van der Waals surface area (Å²) >= 11 is 0. The third kappa shape index (κ3) is 15.0. The number of nitrogens with zero attached hydrogens (tertiary/aromatic N) is 1. The number of aliphatic hydroxyl groups is 2. The fourth-order valence-electron chi connectivity index (χ4n) is 3.40. The highest BCUT2D eigenvalue weighted by atomic mass is 16.3. The highest BCUT2D eigenvalue weighted by Crippen LogP contribution is 2.17. The molecule has 0 rings (SSSR count). The molecule has 0 fully saturated rings. The Labute approximate surface area is 163 Å². The first-order valence-corrected chi connectivity index (χ1v) is 11.3. The Morgan fingerprint density at radius 1 is 0.846 bits per heavy atom. The van der Waals surface area contributed by atoms with Gasteiger partial charge < -0.3 is 15.5 Å². The second-order valence-electron chi connectivity index (χ2n) is 8.09. The van der Waals surface area contributed by atoms with Gasteiger partial charge in [0, 0.05) is 13.1 Å². The van der Waals surface area contributed by atoms with Gasteiger partial charge in [-0.05, 0) is 45.3 Å². The maximum atomic E-state index is 10.6. The van der Waals surface area contributed by atoms with Crippen LogP contribution in [0.25, 0.3) is 0 Å². The summed E-state index contributed by atoms with van der Waals surface area (Å²) < 4.78 is 0. The minimum atomic E-state index is -0.293. The fraction of sp³-hybridized carbons (Fsp3) is 1.00. The van der Waals surface area contributed by atoms with Gasteiger partial charge in [-0.3, -0.25) is 4.90 Å². The molecule has 0 amide bonds. The van der Waals surface area contributed by atoms with Gasteiger partial charge in [0.1, 0.15) is 0 Å². The molecular weight excluding hydrogens is 324 g/mol. The minimum Gasteiger partial charge on any atom is -0.392 e. The van der Waals surface area contributed by atoms with E-state index in [2.05, 4.69) is 24.1 Å². The molecule has 4 nitrogen and oxygen atoms in total. The summed E-state index contributed by atoms with van der Waals surface area (Å²) in [6, 6.07) is 0. The molecule has 0 bridgehead atoms. The van der Waals surface area contributed by atoms with E-state index in [0.29, 0.717) is 19.0 Å². The molecule has 0 aliphatic heterocycles. The number of hydrogen-bond donors (Lipinski definition) is 3. The predicted molar refractivity (Wildman–Crippen MR) is 114 cm³/mol. The summed E-state index contributed by atoms with van der Waals surface area (Å²) in [4.78, 5) is 2.24. The van der Waals surface area contributed by atoms with Crippen LogP contribution in [-0.4, -0.2) is 60.5 Å². The lowest BCUT2D eigenvalue weighted by Gasteiger charge is -2.29. The van der Waals surface area contributed by atoms with Gasteiger partial charge in [0.05, 0.1) is 12.2 Å². The van der Waals surface area contributed by atoms with Crippen LogP contribution in [0, 0.1) is 5.92 Å². The van der Waals surface area contributed by atoms with Crippen molar-refractivity contribution in [3.8, 4) is 0 Å². The van der Waals surface area contributed by atoms with Crippen LogP contribution in [0.2, 0.25) is 0 Å². The molecule has 0 aromatic rings. The van der Waals surface area contributed by atoms with Crippen molar-refractivity contribution in [1.29, 1.82) is 0 Å². The summed E-state index contributed by atoms with van der Waals surface area (Å²) in [6.45, 7) is 9.70. The molecule has 0 heterocycles. The van der Waals surface area contributed by atoms with Crippen molar-refractivity contribution in [3.63, 3.8) is 0 Å². The minimum absolute atomic E-state index is 0.292. The van der Waals surface area contributed by atoms with Crippen molar-refractivity contribution < 1.29 is 10.2 Å². The third-order valence-corrected chi connectivity index (χ3v) is 5.46. The van der Waals surface area contributed by atoms with Crippen LogP contribution in [-0.2, 0) is 0 Å². The molecule has 0 aromatic heterocycles. The average Bonchev–Trinajstić information content (AvgIpc) is 2.63. The largest absolute Gasteiger partial charge is 0.392 e. The maximum Gasteiger partial charge on any atom is 0.0692 e. The molecule has 3 unspecified atom stereocenters. The first-order valence-electron chi connectivity index (χ1n) is 11.3. The van der Waals surface area contributed by atoms with E-state index in [1.54, 1.807) is 0 Å². The van der Waals surface area contributed by atoms with Crippen LogP contribution in [0.5, 0.6) is 0 Å². The Morgan fingerprint density at radius 3 is 2.04 bits per heavy atom. The zero-order valence-corrected chi connectivity index (χ0v) is 18.2. The van der Waals surface area contributed by atoms with E-state index in [1.807, 2.05) is 14.0 Å². The maximum absolute atomic E-state index is 10.6. The van der Waals surface area contributed by atoms with Crippen molar-refractivity contribution >= 4 is 0 Å². The monoisotopic (exact) mass is 372 g/mol. The number of nitrogens with one attached hydrogen (secondary N) is 1.